The van der Waals surface area contributed by atoms with Gasteiger partial charge < -0.3 is 19.3 Å². The number of nitrogens with zero attached hydrogens (tertiary/aromatic N) is 1. The van der Waals surface area contributed by atoms with Crippen LogP contribution >= 0.6 is 0 Å². The van der Waals surface area contributed by atoms with Gasteiger partial charge in [0.2, 0.25) is 0 Å². The highest BCUT2D eigenvalue weighted by atomic mass is 16.5. The summed E-state index contributed by atoms with van der Waals surface area (Å²) >= 11 is 0. The second-order valence-corrected chi connectivity index (χ2v) is 7.10. The number of piperidine rings is 1. The van der Waals surface area contributed by atoms with Gasteiger partial charge in [-0.2, -0.15) is 0 Å². The van der Waals surface area contributed by atoms with E-state index >= 15 is 0 Å². The van der Waals surface area contributed by atoms with Crippen LogP contribution in [0.4, 0.5) is 0 Å². The van der Waals surface area contributed by atoms with Crippen molar-refractivity contribution in [1.82, 2.24) is 4.90 Å². The zero-order valence-electron chi connectivity index (χ0n) is 17.3. The molecule has 0 saturated carbocycles. The molecule has 3 rings (SSSR count). The Kier molecular flexibility index (Phi) is 6.99. The van der Waals surface area contributed by atoms with Gasteiger partial charge in [0.25, 0.3) is 0 Å². The van der Waals surface area contributed by atoms with Crippen LogP contribution in [0, 0.1) is 0 Å². The van der Waals surface area contributed by atoms with Gasteiger partial charge >= 0.3 is 5.97 Å². The minimum Gasteiger partial charge on any atom is -0.497 e. The van der Waals surface area contributed by atoms with Crippen molar-refractivity contribution in [1.29, 1.82) is 0 Å². The van der Waals surface area contributed by atoms with Crippen LogP contribution in [0.1, 0.15) is 43.4 Å². The standard InChI is InChI=1S/C23H29NO5/c1-4-29-17-10-8-16(9-11-17)22(24-14-6-5-7-20(24)23(25)26)19-15-18(27-2)12-13-21(19)28-3/h8-13,15,20,22H,4-7,14H2,1-3H3,(H,25,26). The summed E-state index contributed by atoms with van der Waals surface area (Å²) in [6, 6.07) is 12.7. The molecule has 1 N–H and O–H groups in total. The lowest BCUT2D eigenvalue weighted by Gasteiger charge is -2.40. The van der Waals surface area contributed by atoms with Crippen molar-refractivity contribution < 1.29 is 24.1 Å². The predicted molar refractivity (Wildman–Crippen MR) is 111 cm³/mol. The van der Waals surface area contributed by atoms with Crippen molar-refractivity contribution in [3.05, 3.63) is 53.6 Å². The van der Waals surface area contributed by atoms with E-state index in [4.69, 9.17) is 14.2 Å². The van der Waals surface area contributed by atoms with Crippen molar-refractivity contribution in [3.8, 4) is 17.2 Å². The average molecular weight is 399 g/mol. The van der Waals surface area contributed by atoms with Crippen LogP contribution < -0.4 is 14.2 Å². The summed E-state index contributed by atoms with van der Waals surface area (Å²) in [5.74, 6) is 1.42. The first-order chi connectivity index (χ1) is 14.1. The zero-order chi connectivity index (χ0) is 20.8. The van der Waals surface area contributed by atoms with Gasteiger partial charge in [0, 0.05) is 5.56 Å². The molecule has 2 aromatic carbocycles. The molecule has 0 bridgehead atoms. The van der Waals surface area contributed by atoms with E-state index in [1.807, 2.05) is 49.4 Å². The Bertz CT molecular complexity index is 821. The lowest BCUT2D eigenvalue weighted by atomic mass is 9.91. The summed E-state index contributed by atoms with van der Waals surface area (Å²) < 4.78 is 16.7. The van der Waals surface area contributed by atoms with Gasteiger partial charge in [0.1, 0.15) is 23.3 Å². The molecule has 0 spiro atoms. The van der Waals surface area contributed by atoms with Crippen molar-refractivity contribution >= 4 is 5.97 Å². The SMILES string of the molecule is CCOc1ccc(C(c2cc(OC)ccc2OC)N2CCCCC2C(=O)O)cc1. The van der Waals surface area contributed by atoms with Crippen LogP contribution in [0.5, 0.6) is 17.2 Å². The summed E-state index contributed by atoms with van der Waals surface area (Å²) in [4.78, 5) is 14.1. The number of likely N-dealkylation sites (tertiary alicyclic amines) is 1. The molecule has 0 aliphatic carbocycles. The highest BCUT2D eigenvalue weighted by Crippen LogP contribution is 2.40. The maximum Gasteiger partial charge on any atom is 0.320 e. The molecule has 6 heteroatoms. The minimum atomic E-state index is -0.789. The lowest BCUT2D eigenvalue weighted by Crippen LogP contribution is -2.46. The molecule has 2 aromatic rings. The van der Waals surface area contributed by atoms with Crippen LogP contribution in [0.15, 0.2) is 42.5 Å². The Balaban J connectivity index is 2.12. The Hall–Kier alpha value is -2.73. The van der Waals surface area contributed by atoms with Gasteiger partial charge in [0.05, 0.1) is 26.9 Å². The van der Waals surface area contributed by atoms with Gasteiger partial charge in [0.15, 0.2) is 0 Å². The Morgan fingerprint density at radius 2 is 1.83 bits per heavy atom. The number of ether oxygens (including phenoxy) is 3. The van der Waals surface area contributed by atoms with E-state index in [0.717, 1.165) is 29.7 Å². The normalized spacial score (nSPS) is 18.1. The maximum atomic E-state index is 12.0. The number of carboxylic acid groups (broad SMARTS) is 1. The molecule has 6 nitrogen and oxygen atoms in total. The molecular formula is C23H29NO5. The van der Waals surface area contributed by atoms with Crippen molar-refractivity contribution in [3.63, 3.8) is 0 Å². The number of benzene rings is 2. The smallest absolute Gasteiger partial charge is 0.320 e. The highest BCUT2D eigenvalue weighted by Gasteiger charge is 2.36. The number of rotatable bonds is 8. The van der Waals surface area contributed by atoms with Crippen LogP contribution in [-0.4, -0.2) is 49.4 Å². The van der Waals surface area contributed by atoms with Crippen LogP contribution in [0.3, 0.4) is 0 Å². The first-order valence-electron chi connectivity index (χ1n) is 10.0. The summed E-state index contributed by atoms with van der Waals surface area (Å²) in [6.07, 6.45) is 2.51. The molecule has 156 valence electrons. The van der Waals surface area contributed by atoms with Gasteiger partial charge in [-0.1, -0.05) is 18.6 Å². The fourth-order valence-electron chi connectivity index (χ4n) is 4.04. The second-order valence-electron chi connectivity index (χ2n) is 7.10. The van der Waals surface area contributed by atoms with E-state index in [0.29, 0.717) is 31.1 Å². The summed E-state index contributed by atoms with van der Waals surface area (Å²) in [6.45, 7) is 3.25. The monoisotopic (exact) mass is 399 g/mol. The number of hydrogen-bond acceptors (Lipinski definition) is 5. The average Bonchev–Trinajstić information content (AvgIpc) is 2.75. The van der Waals surface area contributed by atoms with Gasteiger partial charge in [-0.3, -0.25) is 9.69 Å². The lowest BCUT2D eigenvalue weighted by molar-refractivity contribution is -0.145. The Morgan fingerprint density at radius 3 is 2.45 bits per heavy atom. The van der Waals surface area contributed by atoms with Gasteiger partial charge in [-0.15, -0.1) is 0 Å². The highest BCUT2D eigenvalue weighted by molar-refractivity contribution is 5.74. The number of carbonyl (C=O) groups is 1. The molecule has 1 aliphatic heterocycles. The molecule has 1 heterocycles. The molecule has 0 amide bonds. The zero-order valence-corrected chi connectivity index (χ0v) is 17.3. The maximum absolute atomic E-state index is 12.0. The Labute approximate surface area is 172 Å². The molecule has 0 aromatic heterocycles. The molecule has 29 heavy (non-hydrogen) atoms. The topological polar surface area (TPSA) is 68.2 Å². The third-order valence-corrected chi connectivity index (χ3v) is 5.40. The minimum absolute atomic E-state index is 0.267. The number of methoxy groups -OCH3 is 2. The molecule has 1 aliphatic rings. The predicted octanol–water partition coefficient (Wildman–Crippen LogP) is 4.13. The summed E-state index contributed by atoms with van der Waals surface area (Å²) in [5, 5.41) is 9.88. The van der Waals surface area contributed by atoms with Crippen LogP contribution in [0.2, 0.25) is 0 Å². The van der Waals surface area contributed by atoms with E-state index in [1.165, 1.54) is 0 Å². The van der Waals surface area contributed by atoms with Gasteiger partial charge in [-0.05, 0) is 62.2 Å². The van der Waals surface area contributed by atoms with Crippen molar-refractivity contribution in [2.75, 3.05) is 27.4 Å². The van der Waals surface area contributed by atoms with E-state index in [-0.39, 0.29) is 6.04 Å². The number of hydrogen-bond donors (Lipinski definition) is 1. The van der Waals surface area contributed by atoms with Crippen LogP contribution in [0.25, 0.3) is 0 Å². The summed E-state index contributed by atoms with van der Waals surface area (Å²) in [5.41, 5.74) is 1.89. The third-order valence-electron chi connectivity index (χ3n) is 5.40. The van der Waals surface area contributed by atoms with E-state index in [2.05, 4.69) is 4.90 Å². The Morgan fingerprint density at radius 1 is 1.10 bits per heavy atom. The molecular weight excluding hydrogens is 370 g/mol. The number of carboxylic acids is 1. The fourth-order valence-corrected chi connectivity index (χ4v) is 4.04. The fraction of sp³-hybridized carbons (Fsp3) is 0.435. The molecule has 2 unspecified atom stereocenters. The van der Waals surface area contributed by atoms with E-state index < -0.39 is 12.0 Å². The second kappa shape index (κ2) is 9.65. The third kappa shape index (κ3) is 4.65. The largest absolute Gasteiger partial charge is 0.497 e. The molecule has 2 atom stereocenters. The van der Waals surface area contributed by atoms with Crippen molar-refractivity contribution in [2.45, 2.75) is 38.3 Å². The summed E-state index contributed by atoms with van der Waals surface area (Å²) in [7, 11) is 3.25. The van der Waals surface area contributed by atoms with E-state index in [1.54, 1.807) is 14.2 Å². The number of aliphatic carboxylic acids is 1. The van der Waals surface area contributed by atoms with Crippen LogP contribution in [-0.2, 0) is 4.79 Å². The molecule has 1 fully saturated rings. The van der Waals surface area contributed by atoms with Crippen molar-refractivity contribution in [2.24, 2.45) is 0 Å². The van der Waals surface area contributed by atoms with E-state index in [9.17, 15) is 9.90 Å². The first kappa shape index (κ1) is 21.0. The molecule has 1 saturated heterocycles. The van der Waals surface area contributed by atoms with Gasteiger partial charge in [-0.25, -0.2) is 0 Å². The molecule has 0 radical (unpaired) electrons. The quantitative estimate of drug-likeness (QED) is 0.720. The first-order valence-corrected chi connectivity index (χ1v) is 10.0.